The zero-order chi connectivity index (χ0) is 58.3. The summed E-state index contributed by atoms with van der Waals surface area (Å²) in [5.74, 6) is 0. The molecule has 0 N–H and O–H groups in total. The third-order valence-corrected chi connectivity index (χ3v) is 19.2. The fourth-order valence-corrected chi connectivity index (χ4v) is 15.4. The van der Waals surface area contributed by atoms with Crippen molar-refractivity contribution < 1.29 is 8.83 Å². The molecule has 0 unspecified atom stereocenters. The number of benzene rings is 15. The summed E-state index contributed by atoms with van der Waals surface area (Å²) in [5, 5.41) is 11.8. The summed E-state index contributed by atoms with van der Waals surface area (Å²) in [7, 11) is 0. The lowest BCUT2D eigenvalue weighted by Crippen LogP contribution is -2.26. The minimum absolute atomic E-state index is 0.618. The second kappa shape index (κ2) is 19.1. The summed E-state index contributed by atoms with van der Waals surface area (Å²) < 4.78 is 13.4. The van der Waals surface area contributed by atoms with E-state index in [-0.39, 0.29) is 0 Å². The quantitative estimate of drug-likeness (QED) is 0.142. The maximum Gasteiger partial charge on any atom is 0.159 e. The van der Waals surface area contributed by atoms with Crippen LogP contribution in [0, 0.1) is 0 Å². The van der Waals surface area contributed by atoms with Crippen LogP contribution in [-0.4, -0.2) is 0 Å². The summed E-state index contributed by atoms with van der Waals surface area (Å²) in [6.45, 7) is 0. The minimum Gasteiger partial charge on any atom is -0.454 e. The molecule has 0 bridgehead atoms. The predicted molar refractivity (Wildman–Crippen MR) is 370 cm³/mol. The molecule has 0 fully saturated rings. The molecule has 2 aliphatic rings. The van der Waals surface area contributed by atoms with E-state index in [1.165, 1.54) is 76.8 Å². The van der Waals surface area contributed by atoms with E-state index in [9.17, 15) is 0 Å². The van der Waals surface area contributed by atoms with E-state index < -0.39 is 5.41 Å². The molecule has 4 heteroatoms. The van der Waals surface area contributed by atoms with Crippen LogP contribution in [0.15, 0.2) is 324 Å². The summed E-state index contributed by atoms with van der Waals surface area (Å²) in [6, 6.07) is 116. The predicted octanol–water partition coefficient (Wildman–Crippen LogP) is 23.6. The van der Waals surface area contributed by atoms with Gasteiger partial charge in [0, 0.05) is 44.3 Å². The highest BCUT2D eigenvalue weighted by Gasteiger charge is 2.53. The monoisotopic (exact) mass is 1130 g/mol. The minimum atomic E-state index is -0.618. The fraction of sp³-hybridized carbons (Fsp3) is 0.0118. The molecule has 2 aromatic heterocycles. The van der Waals surface area contributed by atoms with Crippen molar-refractivity contribution in [3.8, 4) is 44.5 Å². The van der Waals surface area contributed by atoms with Crippen LogP contribution < -0.4 is 9.80 Å². The van der Waals surface area contributed by atoms with Crippen LogP contribution in [0.1, 0.15) is 22.3 Å². The van der Waals surface area contributed by atoms with Gasteiger partial charge in [-0.25, -0.2) is 0 Å². The fourth-order valence-electron chi connectivity index (χ4n) is 15.4. The van der Waals surface area contributed by atoms with Crippen molar-refractivity contribution in [2.75, 3.05) is 9.80 Å². The molecule has 0 amide bonds. The van der Waals surface area contributed by atoms with E-state index in [2.05, 4.69) is 313 Å². The number of furan rings is 2. The summed E-state index contributed by atoms with van der Waals surface area (Å²) in [4.78, 5) is 4.67. The van der Waals surface area contributed by atoms with Crippen molar-refractivity contribution in [3.05, 3.63) is 338 Å². The zero-order valence-corrected chi connectivity index (χ0v) is 48.2. The first-order valence-corrected chi connectivity index (χ1v) is 30.6. The summed E-state index contributed by atoms with van der Waals surface area (Å²) in [6.07, 6.45) is 0. The van der Waals surface area contributed by atoms with Crippen molar-refractivity contribution in [2.45, 2.75) is 5.41 Å². The third kappa shape index (κ3) is 7.23. The van der Waals surface area contributed by atoms with Gasteiger partial charge < -0.3 is 18.6 Å². The van der Waals surface area contributed by atoms with Crippen LogP contribution in [0.4, 0.5) is 34.1 Å². The molecule has 0 aliphatic heterocycles. The molecular weight excluding hydrogens is 1080 g/mol. The average molecular weight is 1130 g/mol. The van der Waals surface area contributed by atoms with Crippen molar-refractivity contribution in [3.63, 3.8) is 0 Å². The lowest BCUT2D eigenvalue weighted by molar-refractivity contribution is 0.668. The normalized spacial score (nSPS) is 12.8. The van der Waals surface area contributed by atoms with Crippen molar-refractivity contribution in [1.82, 2.24) is 0 Å². The maximum absolute atomic E-state index is 6.71. The number of fused-ring (bicyclic) bond motifs is 22. The molecule has 15 aromatic carbocycles. The maximum atomic E-state index is 6.71. The Balaban J connectivity index is 0.788. The molecule has 414 valence electrons. The molecule has 2 aliphatic carbocycles. The molecule has 1 spiro atoms. The first kappa shape index (κ1) is 49.5. The van der Waals surface area contributed by atoms with Gasteiger partial charge in [-0.3, -0.25) is 0 Å². The molecule has 19 rings (SSSR count). The zero-order valence-electron chi connectivity index (χ0n) is 48.2. The van der Waals surface area contributed by atoms with E-state index in [1.54, 1.807) is 0 Å². The number of anilines is 6. The van der Waals surface area contributed by atoms with Gasteiger partial charge in [-0.1, -0.05) is 218 Å². The second-order valence-corrected chi connectivity index (χ2v) is 23.8. The van der Waals surface area contributed by atoms with E-state index >= 15 is 0 Å². The van der Waals surface area contributed by atoms with Crippen molar-refractivity contribution in [2.24, 2.45) is 0 Å². The Bertz CT molecular complexity index is 5730. The average Bonchev–Trinajstić information content (AvgIpc) is 1.50. The second-order valence-electron chi connectivity index (χ2n) is 23.8. The van der Waals surface area contributed by atoms with Crippen molar-refractivity contribution >= 4 is 110 Å². The van der Waals surface area contributed by atoms with Gasteiger partial charge in [0.25, 0.3) is 0 Å². The van der Waals surface area contributed by atoms with E-state index in [0.29, 0.717) is 0 Å². The molecule has 89 heavy (non-hydrogen) atoms. The molecule has 0 saturated heterocycles. The van der Waals surface area contributed by atoms with Gasteiger partial charge in [0.2, 0.25) is 0 Å². The topological polar surface area (TPSA) is 32.8 Å². The molecule has 0 radical (unpaired) electrons. The largest absolute Gasteiger partial charge is 0.454 e. The van der Waals surface area contributed by atoms with Gasteiger partial charge in [0.1, 0.15) is 11.2 Å². The molecule has 4 nitrogen and oxygen atoms in total. The first-order valence-electron chi connectivity index (χ1n) is 30.6. The van der Waals surface area contributed by atoms with Gasteiger partial charge in [-0.05, 0) is 196 Å². The third-order valence-electron chi connectivity index (χ3n) is 19.2. The van der Waals surface area contributed by atoms with Crippen LogP contribution in [0.3, 0.4) is 0 Å². The molecule has 0 atom stereocenters. The molecular formula is C85H52N2O2. The van der Waals surface area contributed by atoms with Crippen LogP contribution >= 0.6 is 0 Å². The highest BCUT2D eigenvalue weighted by Crippen LogP contribution is 2.66. The van der Waals surface area contributed by atoms with Gasteiger partial charge in [-0.2, -0.15) is 0 Å². The lowest BCUT2D eigenvalue weighted by Gasteiger charge is -2.32. The Morgan fingerprint density at radius 2 is 0.708 bits per heavy atom. The number of hydrogen-bond acceptors (Lipinski definition) is 4. The summed E-state index contributed by atoms with van der Waals surface area (Å²) >= 11 is 0. The highest BCUT2D eigenvalue weighted by atomic mass is 16.3. The summed E-state index contributed by atoms with van der Waals surface area (Å²) in [5.41, 5.74) is 24.0. The van der Waals surface area contributed by atoms with Gasteiger partial charge in [0.15, 0.2) is 11.2 Å². The number of rotatable bonds is 8. The van der Waals surface area contributed by atoms with Crippen LogP contribution in [0.25, 0.3) is 121 Å². The van der Waals surface area contributed by atoms with Gasteiger partial charge in [-0.15, -0.1) is 0 Å². The Morgan fingerprint density at radius 3 is 1.30 bits per heavy atom. The highest BCUT2D eigenvalue weighted by molar-refractivity contribution is 6.22. The number of nitrogens with zero attached hydrogens (tertiary/aromatic N) is 2. The number of hydrogen-bond donors (Lipinski definition) is 0. The van der Waals surface area contributed by atoms with Gasteiger partial charge >= 0.3 is 0 Å². The first-order chi connectivity index (χ1) is 44.1. The lowest BCUT2D eigenvalue weighted by atomic mass is 9.69. The standard InChI is InChI=1S/C85H52N2O2/c1-3-23-59(24-4-1)86(77-39-19-35-70-66-32-11-15-41-79(66)88-83(70)77)61-27-17-21-53(48-61)55-43-44-57-51-73-76(52-58(57)47-55)85(74-37-13-9-30-64(74)65-31-10-14-38-75(65)85)82-69-46-45-56(50-72(69)63-29-7-8-34-68(63)81(73)82)54-22-18-28-62(49-54)87(60-25-5-2-6-26-60)78-40-20-36-71-67-33-12-16-42-80(67)89-84(71)78/h1-52H. The Kier molecular flexibility index (Phi) is 10.7. The van der Waals surface area contributed by atoms with Crippen molar-refractivity contribution in [1.29, 1.82) is 0 Å². The Labute approximate surface area is 513 Å². The molecule has 17 aromatic rings. The van der Waals surface area contributed by atoms with Gasteiger partial charge in [0.05, 0.1) is 16.8 Å². The van der Waals surface area contributed by atoms with Crippen LogP contribution in [0.2, 0.25) is 0 Å². The molecule has 0 saturated carbocycles. The SMILES string of the molecule is c1ccc(N(c2cccc(-c3ccc4cc5c(cc4c3)C3(c4ccccc4-c4ccccc43)c3c-5c4ccccc4c4cc(-c5cccc(N(c6ccccc6)c6cccc7c6oc6ccccc67)c5)ccc34)c2)c2cccc3c2oc2ccccc23)cc1. The Morgan fingerprint density at radius 1 is 0.247 bits per heavy atom. The smallest absolute Gasteiger partial charge is 0.159 e. The van der Waals surface area contributed by atoms with E-state index in [4.69, 9.17) is 8.83 Å². The Hall–Kier alpha value is -11.7. The van der Waals surface area contributed by atoms with Crippen LogP contribution in [-0.2, 0) is 5.41 Å². The van der Waals surface area contributed by atoms with E-state index in [1.807, 2.05) is 12.1 Å². The number of para-hydroxylation sites is 6. The van der Waals surface area contributed by atoms with E-state index in [0.717, 1.165) is 100 Å². The van der Waals surface area contributed by atoms with Crippen LogP contribution in [0.5, 0.6) is 0 Å². The molecule has 2 heterocycles.